The molecule has 0 fully saturated rings. The van der Waals surface area contributed by atoms with Gasteiger partial charge in [0.1, 0.15) is 5.76 Å². The summed E-state index contributed by atoms with van der Waals surface area (Å²) in [5, 5.41) is 0. The zero-order valence-corrected chi connectivity index (χ0v) is 9.43. The molecule has 12 heavy (non-hydrogen) atoms. The molecule has 1 rings (SSSR count). The monoisotopic (exact) mass is 203 g/mol. The van der Waals surface area contributed by atoms with Crippen molar-refractivity contribution < 1.29 is 4.42 Å². The number of hydrogen-bond acceptors (Lipinski definition) is 2. The molecular weight excluding hydrogens is 187 g/mol. The standard InChI is InChI=1S/C7H10OS.C2H4.H2P/c1-2-9-6-7-4-3-5-8-7;1-2;/h3-5H,2,6H2,1H3;1-2H2;1H2. The van der Waals surface area contributed by atoms with Gasteiger partial charge in [0.25, 0.3) is 0 Å². The molecule has 1 aromatic heterocycles. The Labute approximate surface area is 82.2 Å². The van der Waals surface area contributed by atoms with Crippen LogP contribution in [0.3, 0.4) is 0 Å². The Hall–Kier alpha value is -0.200. The van der Waals surface area contributed by atoms with Crippen molar-refractivity contribution in [3.05, 3.63) is 37.3 Å². The molecule has 0 aliphatic carbocycles. The molecule has 69 valence electrons. The lowest BCUT2D eigenvalue weighted by Crippen LogP contribution is -1.73. The summed E-state index contributed by atoms with van der Waals surface area (Å²) in [4.78, 5) is 0. The Kier molecular flexibility index (Phi) is 12.9. The van der Waals surface area contributed by atoms with Crippen LogP contribution in [0.4, 0.5) is 0 Å². The smallest absolute Gasteiger partial charge is 0.113 e. The first kappa shape index (κ1) is 14.3. The van der Waals surface area contributed by atoms with Crippen molar-refractivity contribution in [2.45, 2.75) is 12.7 Å². The zero-order chi connectivity index (χ0) is 8.53. The number of thioether (sulfide) groups is 1. The first-order valence-corrected chi connectivity index (χ1v) is 4.69. The van der Waals surface area contributed by atoms with Crippen LogP contribution in [0.2, 0.25) is 0 Å². The van der Waals surface area contributed by atoms with Crippen molar-refractivity contribution in [3.63, 3.8) is 0 Å². The lowest BCUT2D eigenvalue weighted by molar-refractivity contribution is 0.530. The highest BCUT2D eigenvalue weighted by Crippen LogP contribution is 2.10. The van der Waals surface area contributed by atoms with Gasteiger partial charge in [-0.3, -0.25) is 0 Å². The third kappa shape index (κ3) is 6.51. The van der Waals surface area contributed by atoms with Gasteiger partial charge in [-0.25, -0.2) is 0 Å². The normalized spacial score (nSPS) is 7.75. The van der Waals surface area contributed by atoms with Gasteiger partial charge in [-0.1, -0.05) is 6.92 Å². The number of rotatable bonds is 3. The summed E-state index contributed by atoms with van der Waals surface area (Å²) in [5.41, 5.74) is 0. The third-order valence-corrected chi connectivity index (χ3v) is 1.93. The highest BCUT2D eigenvalue weighted by atomic mass is 32.2. The highest BCUT2D eigenvalue weighted by Gasteiger charge is 1.91. The fourth-order valence-corrected chi connectivity index (χ4v) is 1.17. The average Bonchev–Trinajstić information content (AvgIpc) is 2.57. The second kappa shape index (κ2) is 10.8. The second-order valence-electron chi connectivity index (χ2n) is 1.72. The van der Waals surface area contributed by atoms with Crippen LogP contribution < -0.4 is 0 Å². The largest absolute Gasteiger partial charge is 0.468 e. The topological polar surface area (TPSA) is 13.1 Å². The number of hydrogen-bond donors (Lipinski definition) is 0. The lowest BCUT2D eigenvalue weighted by Gasteiger charge is -1.90. The highest BCUT2D eigenvalue weighted by molar-refractivity contribution is 7.98. The van der Waals surface area contributed by atoms with E-state index in [2.05, 4.69) is 20.1 Å². The van der Waals surface area contributed by atoms with Gasteiger partial charge in [-0.15, -0.1) is 23.1 Å². The summed E-state index contributed by atoms with van der Waals surface area (Å²) in [6.07, 6.45) is 1.71. The Morgan fingerprint density at radius 2 is 2.17 bits per heavy atom. The Bertz CT molecular complexity index is 163. The molecule has 0 aromatic carbocycles. The maximum atomic E-state index is 5.11. The van der Waals surface area contributed by atoms with Crippen LogP contribution in [0.5, 0.6) is 0 Å². The van der Waals surface area contributed by atoms with Crippen LogP contribution in [-0.4, -0.2) is 5.75 Å². The summed E-state index contributed by atoms with van der Waals surface area (Å²) in [7, 11) is 0. The molecule has 0 amide bonds. The predicted molar refractivity (Wildman–Crippen MR) is 61.5 cm³/mol. The van der Waals surface area contributed by atoms with E-state index in [4.69, 9.17) is 4.42 Å². The molecule has 1 radical (unpaired) electrons. The zero-order valence-electron chi connectivity index (χ0n) is 7.45. The molecule has 1 aromatic rings. The first-order valence-electron chi connectivity index (χ1n) is 3.53. The van der Waals surface area contributed by atoms with Crippen molar-refractivity contribution in [1.82, 2.24) is 0 Å². The van der Waals surface area contributed by atoms with E-state index in [1.54, 1.807) is 6.26 Å². The molecule has 1 nitrogen and oxygen atoms in total. The predicted octanol–water partition coefficient (Wildman–Crippen LogP) is 3.66. The molecule has 0 aliphatic rings. The molecule has 0 aliphatic heterocycles. The first-order chi connectivity index (χ1) is 5.43. The van der Waals surface area contributed by atoms with E-state index in [0.717, 1.165) is 17.3 Å². The third-order valence-electron chi connectivity index (χ3n) is 1.03. The quantitative estimate of drug-likeness (QED) is 0.549. The Balaban J connectivity index is 0. The summed E-state index contributed by atoms with van der Waals surface area (Å²) >= 11 is 1.87. The molecule has 0 bridgehead atoms. The fraction of sp³-hybridized carbons (Fsp3) is 0.333. The van der Waals surface area contributed by atoms with Crippen LogP contribution in [0.1, 0.15) is 12.7 Å². The van der Waals surface area contributed by atoms with E-state index in [9.17, 15) is 0 Å². The van der Waals surface area contributed by atoms with E-state index < -0.39 is 0 Å². The van der Waals surface area contributed by atoms with Gasteiger partial charge in [-0.2, -0.15) is 11.8 Å². The van der Waals surface area contributed by atoms with Crippen LogP contribution in [0.15, 0.2) is 36.0 Å². The average molecular weight is 203 g/mol. The molecular formula is C9H16OPS. The molecule has 3 heteroatoms. The van der Waals surface area contributed by atoms with E-state index in [-0.39, 0.29) is 9.90 Å². The van der Waals surface area contributed by atoms with Crippen LogP contribution in [-0.2, 0) is 5.75 Å². The van der Waals surface area contributed by atoms with E-state index in [0.29, 0.717) is 0 Å². The van der Waals surface area contributed by atoms with Crippen molar-refractivity contribution in [3.8, 4) is 0 Å². The van der Waals surface area contributed by atoms with E-state index in [1.165, 1.54) is 0 Å². The number of furan rings is 1. The lowest BCUT2D eigenvalue weighted by atomic mass is 10.5. The summed E-state index contributed by atoms with van der Waals surface area (Å²) < 4.78 is 5.11. The van der Waals surface area contributed by atoms with Crippen LogP contribution >= 0.6 is 21.7 Å². The molecule has 0 saturated heterocycles. The van der Waals surface area contributed by atoms with Gasteiger partial charge >= 0.3 is 0 Å². The van der Waals surface area contributed by atoms with Crippen molar-refractivity contribution in [1.29, 1.82) is 0 Å². The van der Waals surface area contributed by atoms with Crippen molar-refractivity contribution >= 4 is 21.7 Å². The summed E-state index contributed by atoms with van der Waals surface area (Å²) in [5.74, 6) is 3.23. The van der Waals surface area contributed by atoms with Crippen LogP contribution in [0, 0.1) is 0 Å². The molecule has 0 unspecified atom stereocenters. The van der Waals surface area contributed by atoms with Gasteiger partial charge in [0.2, 0.25) is 0 Å². The Morgan fingerprint density at radius 1 is 1.50 bits per heavy atom. The van der Waals surface area contributed by atoms with E-state index in [1.807, 2.05) is 23.9 Å². The summed E-state index contributed by atoms with van der Waals surface area (Å²) in [6.45, 7) is 8.15. The van der Waals surface area contributed by atoms with Crippen LogP contribution in [0.25, 0.3) is 0 Å². The maximum Gasteiger partial charge on any atom is 0.113 e. The maximum absolute atomic E-state index is 5.11. The molecule has 0 N–H and O–H groups in total. The van der Waals surface area contributed by atoms with Gasteiger partial charge < -0.3 is 4.42 Å². The van der Waals surface area contributed by atoms with Gasteiger partial charge in [0.15, 0.2) is 0 Å². The molecule has 0 saturated carbocycles. The minimum absolute atomic E-state index is 0. The SMILES string of the molecule is C=C.CCSCc1ccco1.[PH2]. The minimum Gasteiger partial charge on any atom is -0.468 e. The molecule has 1 heterocycles. The van der Waals surface area contributed by atoms with E-state index >= 15 is 0 Å². The minimum atomic E-state index is 0. The fourth-order valence-electron chi connectivity index (χ4n) is 0.597. The molecule has 0 atom stereocenters. The van der Waals surface area contributed by atoms with Gasteiger partial charge in [-0.05, 0) is 17.9 Å². The van der Waals surface area contributed by atoms with Crippen molar-refractivity contribution in [2.24, 2.45) is 0 Å². The molecule has 0 spiro atoms. The Morgan fingerprint density at radius 3 is 2.58 bits per heavy atom. The second-order valence-corrected chi connectivity index (χ2v) is 2.99. The summed E-state index contributed by atoms with van der Waals surface area (Å²) in [6, 6.07) is 3.92. The van der Waals surface area contributed by atoms with Gasteiger partial charge in [0.05, 0.1) is 12.0 Å². The van der Waals surface area contributed by atoms with Crippen molar-refractivity contribution in [2.75, 3.05) is 5.75 Å². The van der Waals surface area contributed by atoms with Gasteiger partial charge in [0, 0.05) is 0 Å².